The van der Waals surface area contributed by atoms with E-state index in [0.717, 1.165) is 0 Å². The third-order valence-electron chi connectivity index (χ3n) is 1.48. The van der Waals surface area contributed by atoms with Crippen molar-refractivity contribution in [2.24, 2.45) is 0 Å². The number of hydrogen-bond donors (Lipinski definition) is 0. The monoisotopic (exact) mass is 246 g/mol. The molecule has 1 aliphatic rings. The summed E-state index contributed by atoms with van der Waals surface area (Å²) in [4.78, 5) is 0. The molecule has 3 unspecified atom stereocenters. The van der Waals surface area contributed by atoms with Gasteiger partial charge in [0, 0.05) is 0 Å². The van der Waals surface area contributed by atoms with Crippen molar-refractivity contribution < 1.29 is 44.6 Å². The van der Waals surface area contributed by atoms with Crippen LogP contribution in [0.2, 0.25) is 0 Å². The molecular weight excluding hydrogens is 244 g/mol. The van der Waals surface area contributed by atoms with Gasteiger partial charge in [-0.05, 0) is 0 Å². The maximum Gasteiger partial charge on any atom is 0.454 e. The van der Waals surface area contributed by atoms with Crippen molar-refractivity contribution in [1.29, 1.82) is 0 Å². The van der Waals surface area contributed by atoms with Crippen LogP contribution in [0.25, 0.3) is 0 Å². The van der Waals surface area contributed by atoms with Crippen molar-refractivity contribution in [3.8, 4) is 0 Å². The molecule has 0 aliphatic carbocycles. The van der Waals surface area contributed by atoms with Crippen LogP contribution in [0.15, 0.2) is 0 Å². The van der Waals surface area contributed by atoms with Crippen molar-refractivity contribution in [3.05, 3.63) is 0 Å². The van der Waals surface area contributed by atoms with Crippen LogP contribution in [0.4, 0.5) is 35.1 Å². The number of rotatable bonds is 0. The molecule has 3 atom stereocenters. The predicted octanol–water partition coefficient (Wildman–Crippen LogP) is 2.45. The zero-order valence-corrected chi connectivity index (χ0v) is 6.49. The molecule has 15 heavy (non-hydrogen) atoms. The highest BCUT2D eigenvalue weighted by atomic mass is 19.4. The molecule has 0 saturated carbocycles. The number of alkyl halides is 8. The second-order valence-electron chi connectivity index (χ2n) is 2.57. The molecule has 1 aliphatic heterocycles. The van der Waals surface area contributed by atoms with E-state index in [1.807, 2.05) is 0 Å². The van der Waals surface area contributed by atoms with Gasteiger partial charge in [0.05, 0.1) is 0 Å². The molecule has 1 heterocycles. The molecule has 0 bridgehead atoms. The van der Waals surface area contributed by atoms with Crippen LogP contribution in [0.5, 0.6) is 0 Å². The molecule has 0 amide bonds. The van der Waals surface area contributed by atoms with Gasteiger partial charge in [-0.15, -0.1) is 0 Å². The third kappa shape index (κ3) is 1.87. The summed E-state index contributed by atoms with van der Waals surface area (Å²) < 4.78 is 102. The van der Waals surface area contributed by atoms with Gasteiger partial charge < -0.3 is 0 Å². The fourth-order valence-electron chi connectivity index (χ4n) is 0.735. The Bertz CT molecular complexity index is 252. The van der Waals surface area contributed by atoms with Crippen molar-refractivity contribution in [2.45, 2.75) is 30.9 Å². The second-order valence-corrected chi connectivity index (χ2v) is 2.57. The van der Waals surface area contributed by atoms with Gasteiger partial charge in [-0.25, -0.2) is 8.78 Å². The van der Waals surface area contributed by atoms with E-state index in [-0.39, 0.29) is 0 Å². The van der Waals surface area contributed by atoms with Crippen molar-refractivity contribution in [2.75, 3.05) is 0 Å². The maximum absolute atomic E-state index is 12.6. The molecule has 2 nitrogen and oxygen atoms in total. The van der Waals surface area contributed by atoms with Crippen LogP contribution in [0, 0.1) is 0 Å². The average Bonchev–Trinajstić information content (AvgIpc) is 1.98. The number of halogens is 8. The minimum atomic E-state index is -6.03. The first-order valence-electron chi connectivity index (χ1n) is 3.28. The smallest absolute Gasteiger partial charge is 0.292 e. The SMILES string of the molecule is FC1OC(F)(C(F)(F)F)C(F)OC1(F)F. The normalized spacial score (nSPS) is 41.6. The van der Waals surface area contributed by atoms with Gasteiger partial charge in [0.15, 0.2) is 0 Å². The Labute approximate surface area is 76.7 Å². The largest absolute Gasteiger partial charge is 0.454 e. The summed E-state index contributed by atoms with van der Waals surface area (Å²) in [5.41, 5.74) is 0. The standard InChI is InChI=1S/C5H2F8O2/c6-1-3(8,5(11,12)13)14-2(7)4(9,10)15-1/h1-2H. The van der Waals surface area contributed by atoms with Crippen LogP contribution in [0.1, 0.15) is 0 Å². The summed E-state index contributed by atoms with van der Waals surface area (Å²) >= 11 is 0. The first-order valence-corrected chi connectivity index (χ1v) is 3.28. The molecule has 0 aromatic carbocycles. The van der Waals surface area contributed by atoms with Crippen LogP contribution < -0.4 is 0 Å². The van der Waals surface area contributed by atoms with Crippen LogP contribution >= 0.6 is 0 Å². The molecule has 0 N–H and O–H groups in total. The van der Waals surface area contributed by atoms with Gasteiger partial charge in [0.25, 0.3) is 12.7 Å². The van der Waals surface area contributed by atoms with Crippen molar-refractivity contribution >= 4 is 0 Å². The zero-order chi connectivity index (χ0) is 12.1. The molecule has 10 heteroatoms. The number of ether oxygens (including phenoxy) is 2. The first-order chi connectivity index (χ1) is 6.51. The Hall–Kier alpha value is -0.640. The molecule has 0 aromatic heterocycles. The minimum absolute atomic E-state index is 2.63. The van der Waals surface area contributed by atoms with Gasteiger partial charge in [-0.1, -0.05) is 0 Å². The Morgan fingerprint density at radius 1 is 0.867 bits per heavy atom. The van der Waals surface area contributed by atoms with E-state index in [1.165, 1.54) is 0 Å². The highest BCUT2D eigenvalue weighted by molar-refractivity contribution is 4.86. The fraction of sp³-hybridized carbons (Fsp3) is 1.00. The Balaban J connectivity index is 2.97. The highest BCUT2D eigenvalue weighted by Crippen LogP contribution is 2.47. The van der Waals surface area contributed by atoms with Crippen LogP contribution in [-0.4, -0.2) is 30.9 Å². The lowest BCUT2D eigenvalue weighted by Gasteiger charge is -2.38. The molecule has 1 rings (SSSR count). The third-order valence-corrected chi connectivity index (χ3v) is 1.48. The average molecular weight is 246 g/mol. The van der Waals surface area contributed by atoms with E-state index in [0.29, 0.717) is 0 Å². The highest BCUT2D eigenvalue weighted by Gasteiger charge is 2.72. The zero-order valence-electron chi connectivity index (χ0n) is 6.49. The molecular formula is C5H2F8O2. The molecule has 0 spiro atoms. The molecule has 0 radical (unpaired) electrons. The van der Waals surface area contributed by atoms with E-state index >= 15 is 0 Å². The topological polar surface area (TPSA) is 18.5 Å². The Morgan fingerprint density at radius 3 is 1.73 bits per heavy atom. The lowest BCUT2D eigenvalue weighted by Crippen LogP contribution is -2.62. The van der Waals surface area contributed by atoms with E-state index in [2.05, 4.69) is 9.47 Å². The first kappa shape index (κ1) is 12.4. The molecule has 1 saturated heterocycles. The summed E-state index contributed by atoms with van der Waals surface area (Å²) in [5.74, 6) is -5.24. The minimum Gasteiger partial charge on any atom is -0.292 e. The quantitative estimate of drug-likeness (QED) is 0.611. The van der Waals surface area contributed by atoms with Gasteiger partial charge in [0.1, 0.15) is 0 Å². The van der Waals surface area contributed by atoms with Gasteiger partial charge in [-0.3, -0.25) is 9.47 Å². The maximum atomic E-state index is 12.6. The summed E-state index contributed by atoms with van der Waals surface area (Å²) in [6.45, 7) is 0. The van der Waals surface area contributed by atoms with Crippen molar-refractivity contribution in [1.82, 2.24) is 0 Å². The molecule has 0 aromatic rings. The Morgan fingerprint density at radius 2 is 1.33 bits per heavy atom. The van der Waals surface area contributed by atoms with Gasteiger partial charge in [-0.2, -0.15) is 26.3 Å². The van der Waals surface area contributed by atoms with E-state index in [1.54, 1.807) is 0 Å². The van der Waals surface area contributed by atoms with Crippen molar-refractivity contribution in [3.63, 3.8) is 0 Å². The van der Waals surface area contributed by atoms with Gasteiger partial charge in [0.2, 0.25) is 0 Å². The molecule has 90 valence electrons. The molecule has 1 fully saturated rings. The van der Waals surface area contributed by atoms with Gasteiger partial charge >= 0.3 is 18.1 Å². The number of hydrogen-bond acceptors (Lipinski definition) is 2. The fourth-order valence-corrected chi connectivity index (χ4v) is 0.735. The lowest BCUT2D eigenvalue weighted by molar-refractivity contribution is -0.509. The Kier molecular flexibility index (Phi) is 2.63. The summed E-state index contributed by atoms with van der Waals surface area (Å²) in [6.07, 6.45) is -19.2. The predicted molar refractivity (Wildman–Crippen MR) is 26.8 cm³/mol. The van der Waals surface area contributed by atoms with E-state index in [4.69, 9.17) is 0 Å². The summed E-state index contributed by atoms with van der Waals surface area (Å²) in [7, 11) is 0. The van der Waals surface area contributed by atoms with Crippen LogP contribution in [0.3, 0.4) is 0 Å². The second kappa shape index (κ2) is 3.17. The van der Waals surface area contributed by atoms with Crippen LogP contribution in [-0.2, 0) is 9.47 Å². The van der Waals surface area contributed by atoms with E-state index < -0.39 is 30.9 Å². The summed E-state index contributed by atoms with van der Waals surface area (Å²) in [5, 5.41) is 0. The van der Waals surface area contributed by atoms with E-state index in [9.17, 15) is 35.1 Å². The lowest BCUT2D eigenvalue weighted by atomic mass is 10.2. The summed E-state index contributed by atoms with van der Waals surface area (Å²) in [6, 6.07) is 0.